The lowest BCUT2D eigenvalue weighted by Crippen LogP contribution is -2.35. The van der Waals surface area contributed by atoms with Gasteiger partial charge in [0, 0.05) is 0 Å². The summed E-state index contributed by atoms with van der Waals surface area (Å²) in [4.78, 5) is 0. The van der Waals surface area contributed by atoms with E-state index in [1.807, 2.05) is 0 Å². The molecule has 1 nitrogen and oxygen atoms in total. The van der Waals surface area contributed by atoms with Crippen LogP contribution in [0.2, 0.25) is 0 Å². The van der Waals surface area contributed by atoms with E-state index >= 15 is 0 Å². The summed E-state index contributed by atoms with van der Waals surface area (Å²) in [7, 11) is 6.79. The molecular weight excluding hydrogens is 190 g/mol. The third-order valence-corrected chi connectivity index (χ3v) is 3.11. The number of hydrogen-bond acceptors (Lipinski definition) is 1. The molecule has 1 aromatic heterocycles. The Balaban J connectivity index is 2.00. The van der Waals surface area contributed by atoms with Crippen LogP contribution in [0.1, 0.15) is 24.8 Å². The molecule has 0 fully saturated rings. The van der Waals surface area contributed by atoms with E-state index in [1.54, 1.807) is 11.3 Å². The summed E-state index contributed by atoms with van der Waals surface area (Å²) in [6.45, 7) is 1.30. The number of rotatable bonds is 6. The fourth-order valence-electron chi connectivity index (χ4n) is 1.53. The molecule has 1 aromatic rings. The smallest absolute Gasteiger partial charge is 0.0780 e. The highest BCUT2D eigenvalue weighted by Gasteiger charge is 2.05. The molecule has 0 unspecified atom stereocenters. The zero-order valence-electron chi connectivity index (χ0n) is 9.62. The van der Waals surface area contributed by atoms with Crippen molar-refractivity contribution in [2.45, 2.75) is 25.7 Å². The Hall–Kier alpha value is -0.340. The molecule has 1 rings (SSSR count). The van der Waals surface area contributed by atoms with Crippen LogP contribution in [0.5, 0.6) is 0 Å². The number of hydrogen-bond donors (Lipinski definition) is 0. The van der Waals surface area contributed by atoms with Crippen LogP contribution in [0.3, 0.4) is 0 Å². The molecular formula is C12H22NS+. The van der Waals surface area contributed by atoms with E-state index in [0.29, 0.717) is 0 Å². The third-order valence-electron chi connectivity index (χ3n) is 2.37. The quantitative estimate of drug-likeness (QED) is 0.502. The van der Waals surface area contributed by atoms with Gasteiger partial charge in [0.1, 0.15) is 0 Å². The molecule has 0 aromatic carbocycles. The van der Waals surface area contributed by atoms with Crippen LogP contribution in [0.25, 0.3) is 0 Å². The van der Waals surface area contributed by atoms with Crippen LogP contribution in [0.4, 0.5) is 0 Å². The van der Waals surface area contributed by atoms with Crippen LogP contribution >= 0.6 is 11.3 Å². The number of unbranched alkanes of at least 4 members (excludes halogenated alkanes) is 2. The van der Waals surface area contributed by atoms with E-state index < -0.39 is 0 Å². The van der Waals surface area contributed by atoms with Gasteiger partial charge in [-0.25, -0.2) is 0 Å². The van der Waals surface area contributed by atoms with Gasteiger partial charge in [-0.2, -0.15) is 11.3 Å². The monoisotopic (exact) mass is 212 g/mol. The number of quaternary nitrogens is 1. The van der Waals surface area contributed by atoms with Crippen molar-refractivity contribution < 1.29 is 4.48 Å². The molecule has 0 aliphatic heterocycles. The second-order valence-corrected chi connectivity index (χ2v) is 5.74. The summed E-state index contributed by atoms with van der Waals surface area (Å²) < 4.78 is 1.10. The zero-order chi connectivity index (χ0) is 10.4. The van der Waals surface area contributed by atoms with Crippen molar-refractivity contribution in [3.8, 4) is 0 Å². The molecule has 0 saturated carbocycles. The summed E-state index contributed by atoms with van der Waals surface area (Å²) in [5.41, 5.74) is 1.51. The lowest BCUT2D eigenvalue weighted by Gasteiger charge is -2.23. The lowest BCUT2D eigenvalue weighted by molar-refractivity contribution is -0.870. The highest BCUT2D eigenvalue weighted by Crippen LogP contribution is 2.10. The number of thiophene rings is 1. The van der Waals surface area contributed by atoms with Crippen molar-refractivity contribution in [2.24, 2.45) is 0 Å². The molecule has 0 aliphatic rings. The molecule has 1 heterocycles. The average Bonchev–Trinajstić information content (AvgIpc) is 2.54. The van der Waals surface area contributed by atoms with Gasteiger partial charge in [0.25, 0.3) is 0 Å². The van der Waals surface area contributed by atoms with Crippen LogP contribution in [-0.4, -0.2) is 32.2 Å². The van der Waals surface area contributed by atoms with E-state index in [2.05, 4.69) is 38.0 Å². The third kappa shape index (κ3) is 5.40. The highest BCUT2D eigenvalue weighted by molar-refractivity contribution is 7.07. The fraction of sp³-hybridized carbons (Fsp3) is 0.667. The Morgan fingerprint density at radius 2 is 1.93 bits per heavy atom. The minimum absolute atomic E-state index is 1.10. The van der Waals surface area contributed by atoms with Crippen LogP contribution in [0.15, 0.2) is 16.8 Å². The molecule has 0 spiro atoms. The van der Waals surface area contributed by atoms with Crippen molar-refractivity contribution in [2.75, 3.05) is 27.7 Å². The summed E-state index contributed by atoms with van der Waals surface area (Å²) in [6, 6.07) is 2.24. The van der Waals surface area contributed by atoms with Gasteiger partial charge in [-0.1, -0.05) is 0 Å². The fourth-order valence-corrected chi connectivity index (χ4v) is 2.23. The topological polar surface area (TPSA) is 0 Å². The predicted octanol–water partition coefficient (Wildman–Crippen LogP) is 3.17. The maximum absolute atomic E-state index is 2.26. The van der Waals surface area contributed by atoms with Gasteiger partial charge in [-0.3, -0.25) is 0 Å². The Morgan fingerprint density at radius 1 is 1.14 bits per heavy atom. The van der Waals surface area contributed by atoms with Crippen molar-refractivity contribution in [3.63, 3.8) is 0 Å². The molecule has 0 aliphatic carbocycles. The molecule has 0 N–H and O–H groups in total. The minimum Gasteiger partial charge on any atom is -0.331 e. The predicted molar refractivity (Wildman–Crippen MR) is 64.8 cm³/mol. The molecule has 2 heteroatoms. The van der Waals surface area contributed by atoms with Gasteiger partial charge in [0.2, 0.25) is 0 Å². The Bertz CT molecular complexity index is 233. The van der Waals surface area contributed by atoms with Crippen LogP contribution < -0.4 is 0 Å². The van der Waals surface area contributed by atoms with Crippen LogP contribution in [-0.2, 0) is 6.42 Å². The van der Waals surface area contributed by atoms with E-state index in [-0.39, 0.29) is 0 Å². The van der Waals surface area contributed by atoms with Gasteiger partial charge >= 0.3 is 0 Å². The molecule has 0 saturated heterocycles. The zero-order valence-corrected chi connectivity index (χ0v) is 10.4. The van der Waals surface area contributed by atoms with E-state index in [1.165, 1.54) is 37.8 Å². The van der Waals surface area contributed by atoms with E-state index in [4.69, 9.17) is 0 Å². The second-order valence-electron chi connectivity index (χ2n) is 4.96. The minimum atomic E-state index is 1.10. The SMILES string of the molecule is C[N+](C)(C)CCCCCc1ccsc1. The van der Waals surface area contributed by atoms with E-state index in [9.17, 15) is 0 Å². The largest absolute Gasteiger partial charge is 0.331 e. The molecule has 0 radical (unpaired) electrons. The summed E-state index contributed by atoms with van der Waals surface area (Å²) in [6.07, 6.45) is 5.33. The first-order valence-electron chi connectivity index (χ1n) is 5.39. The first-order valence-corrected chi connectivity index (χ1v) is 6.34. The molecule has 0 atom stereocenters. The first-order chi connectivity index (χ1) is 6.58. The van der Waals surface area contributed by atoms with Gasteiger partial charge in [-0.05, 0) is 48.1 Å². The molecule has 0 bridgehead atoms. The highest BCUT2D eigenvalue weighted by atomic mass is 32.1. The standard InChI is InChI=1S/C12H22NS/c1-13(2,3)9-6-4-5-7-12-8-10-14-11-12/h8,10-11H,4-7,9H2,1-3H3/q+1. The van der Waals surface area contributed by atoms with E-state index in [0.717, 1.165) is 4.48 Å². The Labute approximate surface area is 92.0 Å². The van der Waals surface area contributed by atoms with Gasteiger partial charge in [0.15, 0.2) is 0 Å². The van der Waals surface area contributed by atoms with Crippen molar-refractivity contribution >= 4 is 11.3 Å². The number of aryl methyl sites for hydroxylation is 1. The normalized spacial score (nSPS) is 11.9. The van der Waals surface area contributed by atoms with Gasteiger partial charge < -0.3 is 4.48 Å². The average molecular weight is 212 g/mol. The first kappa shape index (κ1) is 11.7. The van der Waals surface area contributed by atoms with Gasteiger partial charge in [0.05, 0.1) is 27.7 Å². The molecule has 80 valence electrons. The van der Waals surface area contributed by atoms with Gasteiger partial charge in [-0.15, -0.1) is 0 Å². The molecule has 14 heavy (non-hydrogen) atoms. The maximum Gasteiger partial charge on any atom is 0.0780 e. The lowest BCUT2D eigenvalue weighted by atomic mass is 10.1. The summed E-state index contributed by atoms with van der Waals surface area (Å²) in [5.74, 6) is 0. The van der Waals surface area contributed by atoms with Crippen molar-refractivity contribution in [1.82, 2.24) is 0 Å². The summed E-state index contributed by atoms with van der Waals surface area (Å²) >= 11 is 1.80. The van der Waals surface area contributed by atoms with Crippen molar-refractivity contribution in [1.29, 1.82) is 0 Å². The van der Waals surface area contributed by atoms with Crippen LogP contribution in [0, 0.1) is 0 Å². The Kier molecular flexibility index (Phi) is 4.63. The Morgan fingerprint density at radius 3 is 2.50 bits per heavy atom. The summed E-state index contributed by atoms with van der Waals surface area (Å²) in [5, 5.41) is 4.43. The van der Waals surface area contributed by atoms with Crippen molar-refractivity contribution in [3.05, 3.63) is 22.4 Å². The maximum atomic E-state index is 2.26. The second kappa shape index (κ2) is 5.52. The number of nitrogens with zero attached hydrogens (tertiary/aromatic N) is 1. The molecule has 0 amide bonds.